The van der Waals surface area contributed by atoms with E-state index in [9.17, 15) is 13.2 Å². The lowest BCUT2D eigenvalue weighted by Crippen LogP contribution is -2.17. The SMILES string of the molecule is COc1ccccc1CNc1ccc(-c2ncn(-c3ccc(OC(F)(F)F)cc3)n2)cc1. The number of alkyl halides is 3. The molecule has 1 aromatic heterocycles. The lowest BCUT2D eigenvalue weighted by Gasteiger charge is -2.10. The summed E-state index contributed by atoms with van der Waals surface area (Å²) in [5.41, 5.74) is 3.35. The summed E-state index contributed by atoms with van der Waals surface area (Å²) in [6.07, 6.45) is -3.22. The quantitative estimate of drug-likeness (QED) is 0.414. The van der Waals surface area contributed by atoms with Crippen molar-refractivity contribution >= 4 is 5.69 Å². The first-order chi connectivity index (χ1) is 15.4. The van der Waals surface area contributed by atoms with Crippen molar-refractivity contribution in [3.05, 3.63) is 84.7 Å². The van der Waals surface area contributed by atoms with Crippen molar-refractivity contribution in [1.29, 1.82) is 0 Å². The van der Waals surface area contributed by atoms with E-state index in [0.29, 0.717) is 18.1 Å². The molecule has 0 aliphatic rings. The van der Waals surface area contributed by atoms with Gasteiger partial charge in [-0.15, -0.1) is 18.3 Å². The molecule has 3 aromatic carbocycles. The van der Waals surface area contributed by atoms with Gasteiger partial charge in [0.25, 0.3) is 0 Å². The lowest BCUT2D eigenvalue weighted by molar-refractivity contribution is -0.274. The van der Waals surface area contributed by atoms with E-state index in [1.807, 2.05) is 48.5 Å². The highest BCUT2D eigenvalue weighted by molar-refractivity contribution is 5.59. The van der Waals surface area contributed by atoms with E-state index in [1.165, 1.54) is 35.3 Å². The molecule has 1 heterocycles. The monoisotopic (exact) mass is 440 g/mol. The fraction of sp³-hybridized carbons (Fsp3) is 0.130. The van der Waals surface area contributed by atoms with E-state index >= 15 is 0 Å². The molecule has 9 heteroatoms. The number of benzene rings is 3. The molecule has 6 nitrogen and oxygen atoms in total. The average Bonchev–Trinajstić information content (AvgIpc) is 3.28. The Balaban J connectivity index is 1.42. The summed E-state index contributed by atoms with van der Waals surface area (Å²) in [7, 11) is 1.64. The first-order valence-corrected chi connectivity index (χ1v) is 9.65. The predicted molar refractivity (Wildman–Crippen MR) is 114 cm³/mol. The molecule has 0 saturated heterocycles. The highest BCUT2D eigenvalue weighted by Crippen LogP contribution is 2.25. The second kappa shape index (κ2) is 9.01. The molecular weight excluding hydrogens is 421 g/mol. The van der Waals surface area contributed by atoms with Gasteiger partial charge in [0.1, 0.15) is 17.8 Å². The van der Waals surface area contributed by atoms with Crippen LogP contribution in [0.15, 0.2) is 79.1 Å². The maximum absolute atomic E-state index is 12.3. The van der Waals surface area contributed by atoms with Gasteiger partial charge in [-0.2, -0.15) is 0 Å². The number of para-hydroxylation sites is 1. The summed E-state index contributed by atoms with van der Waals surface area (Å²) in [5.74, 6) is 1.03. The Morgan fingerprint density at radius 2 is 1.66 bits per heavy atom. The smallest absolute Gasteiger partial charge is 0.496 e. The maximum Gasteiger partial charge on any atom is 0.573 e. The van der Waals surface area contributed by atoms with Crippen LogP contribution in [0.25, 0.3) is 17.1 Å². The first-order valence-electron chi connectivity index (χ1n) is 9.65. The van der Waals surface area contributed by atoms with Crippen LogP contribution in [-0.2, 0) is 6.54 Å². The molecule has 0 amide bonds. The van der Waals surface area contributed by atoms with Gasteiger partial charge in [-0.3, -0.25) is 0 Å². The third-order valence-corrected chi connectivity index (χ3v) is 4.65. The zero-order valence-corrected chi connectivity index (χ0v) is 17.0. The fourth-order valence-electron chi connectivity index (χ4n) is 3.10. The summed E-state index contributed by atoms with van der Waals surface area (Å²) in [6.45, 7) is 0.615. The minimum absolute atomic E-state index is 0.294. The van der Waals surface area contributed by atoms with Gasteiger partial charge in [0, 0.05) is 23.4 Å². The Bertz CT molecular complexity index is 1170. The molecule has 0 aliphatic carbocycles. The Labute approximate surface area is 182 Å². The van der Waals surface area contributed by atoms with Gasteiger partial charge in [0.2, 0.25) is 0 Å². The number of anilines is 1. The highest BCUT2D eigenvalue weighted by Gasteiger charge is 2.31. The third kappa shape index (κ3) is 5.18. The maximum atomic E-state index is 12.3. The van der Waals surface area contributed by atoms with Gasteiger partial charge in [-0.25, -0.2) is 9.67 Å². The fourth-order valence-corrected chi connectivity index (χ4v) is 3.10. The van der Waals surface area contributed by atoms with Crippen LogP contribution in [0.5, 0.6) is 11.5 Å². The summed E-state index contributed by atoms with van der Waals surface area (Å²) >= 11 is 0. The van der Waals surface area contributed by atoms with Crippen LogP contribution in [0.2, 0.25) is 0 Å². The normalized spacial score (nSPS) is 11.2. The highest BCUT2D eigenvalue weighted by atomic mass is 19.4. The lowest BCUT2D eigenvalue weighted by atomic mass is 10.1. The summed E-state index contributed by atoms with van der Waals surface area (Å²) < 4.78 is 47.6. The molecule has 4 aromatic rings. The molecule has 0 fully saturated rings. The molecular formula is C23H19F3N4O2. The number of rotatable bonds is 7. The van der Waals surface area contributed by atoms with Gasteiger partial charge in [-0.05, 0) is 54.6 Å². The van der Waals surface area contributed by atoms with E-state index in [-0.39, 0.29) is 5.75 Å². The van der Waals surface area contributed by atoms with Crippen molar-refractivity contribution in [2.24, 2.45) is 0 Å². The van der Waals surface area contributed by atoms with Crippen molar-refractivity contribution in [2.45, 2.75) is 12.9 Å². The second-order valence-electron chi connectivity index (χ2n) is 6.80. The second-order valence-corrected chi connectivity index (χ2v) is 6.80. The third-order valence-electron chi connectivity index (χ3n) is 4.65. The standard InChI is InChI=1S/C23H19F3N4O2/c1-31-21-5-3-2-4-17(21)14-27-18-8-6-16(7-9-18)22-28-15-30(29-22)19-10-12-20(13-11-19)32-23(24,25)26/h2-13,15,27H,14H2,1H3. The van der Waals surface area contributed by atoms with E-state index in [2.05, 4.69) is 20.1 Å². The zero-order chi connectivity index (χ0) is 22.6. The van der Waals surface area contributed by atoms with Crippen molar-refractivity contribution in [2.75, 3.05) is 12.4 Å². The topological polar surface area (TPSA) is 61.2 Å². The summed E-state index contributed by atoms with van der Waals surface area (Å²) in [5, 5.41) is 7.76. The van der Waals surface area contributed by atoms with Crippen LogP contribution < -0.4 is 14.8 Å². The predicted octanol–water partition coefficient (Wildman–Crippen LogP) is 5.45. The van der Waals surface area contributed by atoms with Crippen LogP contribution in [0.3, 0.4) is 0 Å². The molecule has 0 atom stereocenters. The van der Waals surface area contributed by atoms with Crippen LogP contribution in [-0.4, -0.2) is 28.2 Å². The number of hydrogen-bond donors (Lipinski definition) is 1. The number of nitrogens with zero attached hydrogens (tertiary/aromatic N) is 3. The van der Waals surface area contributed by atoms with Gasteiger partial charge in [0.15, 0.2) is 5.82 Å². The molecule has 4 rings (SSSR count). The van der Waals surface area contributed by atoms with Crippen molar-refractivity contribution < 1.29 is 22.6 Å². The molecule has 0 aliphatic heterocycles. The van der Waals surface area contributed by atoms with Crippen LogP contribution in [0.4, 0.5) is 18.9 Å². The number of ether oxygens (including phenoxy) is 2. The van der Waals surface area contributed by atoms with E-state index < -0.39 is 6.36 Å². The number of halogens is 3. The van der Waals surface area contributed by atoms with Gasteiger partial charge in [-0.1, -0.05) is 18.2 Å². The van der Waals surface area contributed by atoms with Crippen molar-refractivity contribution in [3.63, 3.8) is 0 Å². The molecule has 164 valence electrons. The van der Waals surface area contributed by atoms with E-state index in [1.54, 1.807) is 7.11 Å². The van der Waals surface area contributed by atoms with Crippen LogP contribution >= 0.6 is 0 Å². The minimum atomic E-state index is -4.73. The Kier molecular flexibility index (Phi) is 5.98. The summed E-state index contributed by atoms with van der Waals surface area (Å²) in [6, 6.07) is 20.8. The molecule has 0 spiro atoms. The molecule has 32 heavy (non-hydrogen) atoms. The van der Waals surface area contributed by atoms with E-state index in [0.717, 1.165) is 22.6 Å². The Morgan fingerprint density at radius 3 is 2.34 bits per heavy atom. The Morgan fingerprint density at radius 1 is 0.938 bits per heavy atom. The minimum Gasteiger partial charge on any atom is -0.496 e. The molecule has 1 N–H and O–H groups in total. The summed E-state index contributed by atoms with van der Waals surface area (Å²) in [4.78, 5) is 4.29. The number of hydrogen-bond acceptors (Lipinski definition) is 5. The van der Waals surface area contributed by atoms with Crippen molar-refractivity contribution in [1.82, 2.24) is 14.8 Å². The van der Waals surface area contributed by atoms with Gasteiger partial charge < -0.3 is 14.8 Å². The van der Waals surface area contributed by atoms with Gasteiger partial charge >= 0.3 is 6.36 Å². The number of methoxy groups -OCH3 is 1. The first kappa shape index (κ1) is 21.2. The Hall–Kier alpha value is -4.01. The number of nitrogens with one attached hydrogen (secondary N) is 1. The van der Waals surface area contributed by atoms with Gasteiger partial charge in [0.05, 0.1) is 12.8 Å². The number of aromatic nitrogens is 3. The zero-order valence-electron chi connectivity index (χ0n) is 17.0. The molecule has 0 saturated carbocycles. The molecule has 0 unspecified atom stereocenters. The largest absolute Gasteiger partial charge is 0.573 e. The molecule has 0 radical (unpaired) electrons. The van der Waals surface area contributed by atoms with Crippen molar-refractivity contribution in [3.8, 4) is 28.6 Å². The average molecular weight is 440 g/mol. The van der Waals surface area contributed by atoms with Crippen LogP contribution in [0.1, 0.15) is 5.56 Å². The van der Waals surface area contributed by atoms with Crippen LogP contribution in [0, 0.1) is 0 Å². The van der Waals surface area contributed by atoms with E-state index in [4.69, 9.17) is 4.74 Å². The molecule has 0 bridgehead atoms.